The summed E-state index contributed by atoms with van der Waals surface area (Å²) >= 11 is 3.34. The average Bonchev–Trinajstić information content (AvgIpc) is 3.01. The number of methoxy groups -OCH3 is 1. The van der Waals surface area contributed by atoms with Crippen molar-refractivity contribution >= 4 is 33.4 Å². The SMILES string of the molecule is COc1ccccc1C1/C(=C(\O)c2ccc(Br)cc2)C(=O)C(=O)N1CCOCCO. The lowest BCUT2D eigenvalue weighted by Crippen LogP contribution is -2.33. The van der Waals surface area contributed by atoms with E-state index < -0.39 is 17.7 Å². The van der Waals surface area contributed by atoms with Crippen molar-refractivity contribution in [1.82, 2.24) is 4.90 Å². The molecule has 1 heterocycles. The Morgan fingerprint density at radius 1 is 1.10 bits per heavy atom. The molecule has 0 saturated carbocycles. The maximum atomic E-state index is 12.9. The van der Waals surface area contributed by atoms with Gasteiger partial charge in [0.25, 0.3) is 11.7 Å². The number of hydrogen-bond donors (Lipinski definition) is 2. The second-order valence-corrected chi connectivity index (χ2v) is 7.49. The van der Waals surface area contributed by atoms with E-state index in [1.807, 2.05) is 0 Å². The lowest BCUT2D eigenvalue weighted by atomic mass is 9.94. The number of halogens is 1. The number of carbonyl (C=O) groups is 2. The van der Waals surface area contributed by atoms with Gasteiger partial charge >= 0.3 is 0 Å². The number of amides is 1. The molecule has 7 nitrogen and oxygen atoms in total. The molecule has 2 aromatic carbocycles. The molecule has 0 spiro atoms. The molecule has 158 valence electrons. The molecule has 0 radical (unpaired) electrons. The first-order chi connectivity index (χ1) is 14.5. The molecule has 2 N–H and O–H groups in total. The van der Waals surface area contributed by atoms with Crippen LogP contribution in [-0.2, 0) is 14.3 Å². The molecular formula is C22H22BrNO6. The summed E-state index contributed by atoms with van der Waals surface area (Å²) in [5.41, 5.74) is 1.00. The average molecular weight is 476 g/mol. The highest BCUT2D eigenvalue weighted by Crippen LogP contribution is 2.42. The van der Waals surface area contributed by atoms with Crippen LogP contribution in [0.15, 0.2) is 58.6 Å². The van der Waals surface area contributed by atoms with Gasteiger partial charge in [-0.1, -0.05) is 46.3 Å². The Morgan fingerprint density at radius 3 is 2.47 bits per heavy atom. The standard InChI is InChI=1S/C22H22BrNO6/c1-29-17-5-3-2-4-16(17)19-18(20(26)14-6-8-15(23)9-7-14)21(27)22(28)24(19)10-12-30-13-11-25/h2-9,19,25-26H,10-13H2,1H3/b20-18+. The minimum absolute atomic E-state index is 0.00557. The Bertz CT molecular complexity index is 956. The normalized spacial score (nSPS) is 18.1. The van der Waals surface area contributed by atoms with E-state index in [1.165, 1.54) is 12.0 Å². The van der Waals surface area contributed by atoms with Crippen molar-refractivity contribution in [3.63, 3.8) is 0 Å². The van der Waals surface area contributed by atoms with Gasteiger partial charge in [-0.05, 0) is 18.2 Å². The van der Waals surface area contributed by atoms with Crippen molar-refractivity contribution in [3.8, 4) is 5.75 Å². The number of ketones is 1. The lowest BCUT2D eigenvalue weighted by molar-refractivity contribution is -0.140. The number of aliphatic hydroxyl groups excluding tert-OH is 2. The van der Waals surface area contributed by atoms with E-state index in [2.05, 4.69) is 15.9 Å². The largest absolute Gasteiger partial charge is 0.507 e. The molecule has 1 unspecified atom stereocenters. The van der Waals surface area contributed by atoms with E-state index in [-0.39, 0.29) is 37.7 Å². The number of carbonyl (C=O) groups excluding carboxylic acids is 2. The molecular weight excluding hydrogens is 454 g/mol. The first-order valence-electron chi connectivity index (χ1n) is 9.35. The third-order valence-corrected chi connectivity index (χ3v) is 5.33. The number of hydrogen-bond acceptors (Lipinski definition) is 6. The van der Waals surface area contributed by atoms with Crippen molar-refractivity contribution in [2.24, 2.45) is 0 Å². The zero-order valence-corrected chi connectivity index (χ0v) is 18.0. The van der Waals surface area contributed by atoms with E-state index in [1.54, 1.807) is 48.5 Å². The van der Waals surface area contributed by atoms with Gasteiger partial charge in [0.05, 0.1) is 38.5 Å². The van der Waals surface area contributed by atoms with Gasteiger partial charge in [-0.25, -0.2) is 0 Å². The summed E-state index contributed by atoms with van der Waals surface area (Å²) in [5.74, 6) is -1.26. The number of aliphatic hydroxyl groups is 2. The van der Waals surface area contributed by atoms with Gasteiger partial charge in [0.15, 0.2) is 0 Å². The molecule has 0 bridgehead atoms. The molecule has 8 heteroatoms. The van der Waals surface area contributed by atoms with Crippen LogP contribution in [0.2, 0.25) is 0 Å². The number of likely N-dealkylation sites (tertiary alicyclic amines) is 1. The molecule has 1 aliphatic rings. The van der Waals surface area contributed by atoms with Crippen LogP contribution in [0.5, 0.6) is 5.75 Å². The third kappa shape index (κ3) is 4.40. The molecule has 2 aromatic rings. The molecule has 3 rings (SSSR count). The van der Waals surface area contributed by atoms with E-state index in [4.69, 9.17) is 14.6 Å². The highest BCUT2D eigenvalue weighted by molar-refractivity contribution is 9.10. The van der Waals surface area contributed by atoms with Crippen LogP contribution in [0.4, 0.5) is 0 Å². The maximum absolute atomic E-state index is 12.9. The van der Waals surface area contributed by atoms with E-state index in [0.29, 0.717) is 16.9 Å². The molecule has 1 atom stereocenters. The summed E-state index contributed by atoms with van der Waals surface area (Å²) in [4.78, 5) is 27.1. The van der Waals surface area contributed by atoms with Crippen LogP contribution in [0.1, 0.15) is 17.2 Å². The number of ether oxygens (including phenoxy) is 2. The number of nitrogens with zero attached hydrogens (tertiary/aromatic N) is 1. The lowest BCUT2D eigenvalue weighted by Gasteiger charge is -2.26. The highest BCUT2D eigenvalue weighted by Gasteiger charge is 2.46. The highest BCUT2D eigenvalue weighted by atomic mass is 79.9. The fourth-order valence-corrected chi connectivity index (χ4v) is 3.68. The van der Waals surface area contributed by atoms with Gasteiger partial charge in [0.1, 0.15) is 11.5 Å². The predicted octanol–water partition coefficient (Wildman–Crippen LogP) is 2.89. The van der Waals surface area contributed by atoms with Gasteiger partial charge in [-0.3, -0.25) is 9.59 Å². The fourth-order valence-electron chi connectivity index (χ4n) is 3.42. The van der Waals surface area contributed by atoms with Crippen LogP contribution in [-0.4, -0.2) is 60.3 Å². The second-order valence-electron chi connectivity index (χ2n) is 6.58. The third-order valence-electron chi connectivity index (χ3n) is 4.80. The van der Waals surface area contributed by atoms with Crippen molar-refractivity contribution in [3.05, 3.63) is 69.7 Å². The van der Waals surface area contributed by atoms with Crippen LogP contribution in [0.3, 0.4) is 0 Å². The van der Waals surface area contributed by atoms with E-state index in [0.717, 1.165) is 4.47 Å². The molecule has 1 amide bonds. The Labute approximate surface area is 182 Å². The van der Waals surface area contributed by atoms with Gasteiger partial charge < -0.3 is 24.6 Å². The molecule has 0 aromatic heterocycles. The first kappa shape index (κ1) is 22.0. The number of benzene rings is 2. The van der Waals surface area contributed by atoms with E-state index >= 15 is 0 Å². The topological polar surface area (TPSA) is 96.3 Å². The zero-order valence-electron chi connectivity index (χ0n) is 16.4. The maximum Gasteiger partial charge on any atom is 0.295 e. The fraction of sp³-hybridized carbons (Fsp3) is 0.273. The van der Waals surface area contributed by atoms with Crippen molar-refractivity contribution in [2.45, 2.75) is 6.04 Å². The van der Waals surface area contributed by atoms with Crippen LogP contribution in [0.25, 0.3) is 5.76 Å². The molecule has 1 saturated heterocycles. The molecule has 30 heavy (non-hydrogen) atoms. The van der Waals surface area contributed by atoms with Crippen LogP contribution >= 0.6 is 15.9 Å². The minimum atomic E-state index is -0.831. The van der Waals surface area contributed by atoms with Crippen molar-refractivity contribution in [1.29, 1.82) is 0 Å². The van der Waals surface area contributed by atoms with E-state index in [9.17, 15) is 14.7 Å². The van der Waals surface area contributed by atoms with Gasteiger partial charge in [0.2, 0.25) is 0 Å². The first-order valence-corrected chi connectivity index (χ1v) is 10.1. The summed E-state index contributed by atoms with van der Waals surface area (Å²) < 4.78 is 11.6. The van der Waals surface area contributed by atoms with Gasteiger partial charge in [0, 0.05) is 22.1 Å². The van der Waals surface area contributed by atoms with Crippen molar-refractivity contribution in [2.75, 3.05) is 33.5 Å². The number of para-hydroxylation sites is 1. The summed E-state index contributed by atoms with van der Waals surface area (Å²) in [6, 6.07) is 13.0. The van der Waals surface area contributed by atoms with Gasteiger partial charge in [-0.2, -0.15) is 0 Å². The summed E-state index contributed by atoms with van der Waals surface area (Å²) in [6.45, 7) is 0.239. The number of rotatable bonds is 8. The van der Waals surface area contributed by atoms with Crippen molar-refractivity contribution < 1.29 is 29.3 Å². The summed E-state index contributed by atoms with van der Waals surface area (Å²) in [6.07, 6.45) is 0. The molecule has 1 aliphatic heterocycles. The second kappa shape index (κ2) is 9.88. The minimum Gasteiger partial charge on any atom is -0.507 e. The predicted molar refractivity (Wildman–Crippen MR) is 114 cm³/mol. The van der Waals surface area contributed by atoms with Crippen LogP contribution in [0, 0.1) is 0 Å². The Balaban J connectivity index is 2.11. The quantitative estimate of drug-likeness (QED) is 0.263. The Morgan fingerprint density at radius 2 is 1.80 bits per heavy atom. The summed E-state index contributed by atoms with van der Waals surface area (Å²) in [5, 5.41) is 19.9. The Hall–Kier alpha value is -2.68. The molecule has 1 fully saturated rings. The van der Waals surface area contributed by atoms with Gasteiger partial charge in [-0.15, -0.1) is 0 Å². The Kier molecular flexibility index (Phi) is 7.25. The number of Topliss-reactive ketones (excluding diaryl/α,β-unsaturated/α-hetero) is 1. The zero-order chi connectivity index (χ0) is 21.7. The van der Waals surface area contributed by atoms with Crippen LogP contribution < -0.4 is 4.74 Å². The summed E-state index contributed by atoms with van der Waals surface area (Å²) in [7, 11) is 1.50. The molecule has 0 aliphatic carbocycles. The smallest absolute Gasteiger partial charge is 0.295 e. The monoisotopic (exact) mass is 475 g/mol.